The molecular formula is C22H21F3N6O3. The van der Waals surface area contributed by atoms with Gasteiger partial charge in [-0.05, 0) is 18.9 Å². The SMILES string of the molecule is N#Cc1ncc(-c2cnc(CC(=O)C3CC3)cn2)cc1NCC(=O)N1CCOC(C(F)(F)F)C1. The van der Waals surface area contributed by atoms with Gasteiger partial charge in [0, 0.05) is 30.4 Å². The van der Waals surface area contributed by atoms with Gasteiger partial charge in [0.05, 0.1) is 49.4 Å². The average molecular weight is 474 g/mol. The number of carbonyl (C=O) groups is 2. The van der Waals surface area contributed by atoms with E-state index in [2.05, 4.69) is 20.3 Å². The molecule has 1 aliphatic heterocycles. The number of halogens is 3. The van der Waals surface area contributed by atoms with Crippen LogP contribution in [-0.2, 0) is 20.7 Å². The molecule has 1 amide bonds. The van der Waals surface area contributed by atoms with Gasteiger partial charge in [-0.3, -0.25) is 19.6 Å². The lowest BCUT2D eigenvalue weighted by molar-refractivity contribution is -0.236. The molecule has 1 aliphatic carbocycles. The standard InChI is InChI=1S/C22H21F3N6O3/c23-22(24,25)20-12-31(3-4-34-20)21(33)11-30-16-5-14(8-28-17(16)7-26)18-10-27-15(9-29-18)6-19(32)13-1-2-13/h5,8-10,13,20,30H,1-4,6,11-12H2. The number of hydrogen-bond acceptors (Lipinski definition) is 8. The molecule has 2 aromatic rings. The van der Waals surface area contributed by atoms with Crippen LogP contribution in [0.2, 0.25) is 0 Å². The fourth-order valence-electron chi connectivity index (χ4n) is 3.51. The van der Waals surface area contributed by atoms with Crippen molar-refractivity contribution in [3.8, 4) is 17.3 Å². The molecular weight excluding hydrogens is 453 g/mol. The molecule has 1 unspecified atom stereocenters. The molecule has 1 atom stereocenters. The van der Waals surface area contributed by atoms with Gasteiger partial charge in [-0.25, -0.2) is 4.98 Å². The molecule has 1 N–H and O–H groups in total. The third kappa shape index (κ3) is 5.66. The molecule has 0 aromatic carbocycles. The maximum atomic E-state index is 12.9. The van der Waals surface area contributed by atoms with Crippen molar-refractivity contribution >= 4 is 17.4 Å². The Hall–Kier alpha value is -3.59. The van der Waals surface area contributed by atoms with Gasteiger partial charge in [0.1, 0.15) is 11.9 Å². The molecule has 4 rings (SSSR count). The molecule has 34 heavy (non-hydrogen) atoms. The minimum atomic E-state index is -4.56. The summed E-state index contributed by atoms with van der Waals surface area (Å²) in [4.78, 5) is 38.1. The number of ether oxygens (including phenoxy) is 1. The summed E-state index contributed by atoms with van der Waals surface area (Å²) in [5, 5.41) is 12.1. The fraction of sp³-hybridized carbons (Fsp3) is 0.455. The van der Waals surface area contributed by atoms with Gasteiger partial charge in [-0.1, -0.05) is 0 Å². The van der Waals surface area contributed by atoms with E-state index in [4.69, 9.17) is 4.74 Å². The van der Waals surface area contributed by atoms with Gasteiger partial charge in [0.15, 0.2) is 11.8 Å². The number of pyridine rings is 1. The quantitative estimate of drug-likeness (QED) is 0.648. The number of nitrogens with zero attached hydrogens (tertiary/aromatic N) is 5. The van der Waals surface area contributed by atoms with Gasteiger partial charge in [-0.15, -0.1) is 0 Å². The number of nitriles is 1. The zero-order chi connectivity index (χ0) is 24.3. The van der Waals surface area contributed by atoms with Gasteiger partial charge in [0.25, 0.3) is 0 Å². The summed E-state index contributed by atoms with van der Waals surface area (Å²) in [6, 6.07) is 3.48. The molecule has 9 nitrogen and oxygen atoms in total. The molecule has 0 spiro atoms. The number of amides is 1. The first-order valence-corrected chi connectivity index (χ1v) is 10.7. The predicted molar refractivity (Wildman–Crippen MR) is 112 cm³/mol. The number of morpholine rings is 1. The highest BCUT2D eigenvalue weighted by atomic mass is 19.4. The Morgan fingerprint density at radius 3 is 2.65 bits per heavy atom. The van der Waals surface area contributed by atoms with Gasteiger partial charge >= 0.3 is 6.18 Å². The normalized spacial score (nSPS) is 18.3. The van der Waals surface area contributed by atoms with Crippen molar-refractivity contribution in [3.63, 3.8) is 0 Å². The Labute approximate surface area is 193 Å². The van der Waals surface area contributed by atoms with E-state index in [9.17, 15) is 28.0 Å². The van der Waals surface area contributed by atoms with Crippen molar-refractivity contribution in [2.45, 2.75) is 31.5 Å². The second kappa shape index (κ2) is 9.72. The zero-order valence-corrected chi connectivity index (χ0v) is 18.0. The maximum Gasteiger partial charge on any atom is 0.416 e. The Balaban J connectivity index is 1.42. The van der Waals surface area contributed by atoms with E-state index in [0.717, 1.165) is 17.7 Å². The zero-order valence-electron chi connectivity index (χ0n) is 18.0. The van der Waals surface area contributed by atoms with E-state index >= 15 is 0 Å². The number of hydrogen-bond donors (Lipinski definition) is 1. The van der Waals surface area contributed by atoms with E-state index in [1.165, 1.54) is 18.6 Å². The lowest BCUT2D eigenvalue weighted by Gasteiger charge is -2.33. The number of carbonyl (C=O) groups excluding carboxylic acids is 2. The number of rotatable bonds is 7. The van der Waals surface area contributed by atoms with Crippen LogP contribution in [0.25, 0.3) is 11.3 Å². The second-order valence-electron chi connectivity index (χ2n) is 8.14. The summed E-state index contributed by atoms with van der Waals surface area (Å²) < 4.78 is 43.4. The highest BCUT2D eigenvalue weighted by molar-refractivity contribution is 5.85. The summed E-state index contributed by atoms with van der Waals surface area (Å²) >= 11 is 0. The molecule has 3 heterocycles. The number of alkyl halides is 3. The molecule has 1 saturated heterocycles. The van der Waals surface area contributed by atoms with Crippen LogP contribution < -0.4 is 5.32 Å². The van der Waals surface area contributed by atoms with Crippen LogP contribution in [0, 0.1) is 17.2 Å². The van der Waals surface area contributed by atoms with Crippen molar-refractivity contribution < 1.29 is 27.5 Å². The number of Topliss-reactive ketones (excluding diaryl/α,β-unsaturated/α-hetero) is 1. The van der Waals surface area contributed by atoms with Crippen LogP contribution in [0.3, 0.4) is 0 Å². The van der Waals surface area contributed by atoms with E-state index in [1.54, 1.807) is 6.07 Å². The summed E-state index contributed by atoms with van der Waals surface area (Å²) in [7, 11) is 0. The summed E-state index contributed by atoms with van der Waals surface area (Å²) in [5.41, 5.74) is 1.80. The van der Waals surface area contributed by atoms with Gasteiger partial charge < -0.3 is 15.0 Å². The first kappa shape index (κ1) is 23.6. The minimum absolute atomic E-state index is 0.0197. The third-order valence-electron chi connectivity index (χ3n) is 5.60. The Bertz CT molecular complexity index is 1110. The Kier molecular flexibility index (Phi) is 6.74. The maximum absolute atomic E-state index is 12.9. The highest BCUT2D eigenvalue weighted by Gasteiger charge is 2.44. The summed E-state index contributed by atoms with van der Waals surface area (Å²) in [6.07, 6.45) is -0.0535. The lowest BCUT2D eigenvalue weighted by atomic mass is 10.1. The van der Waals surface area contributed by atoms with Crippen molar-refractivity contribution in [3.05, 3.63) is 36.0 Å². The number of aromatic nitrogens is 3. The smallest absolute Gasteiger partial charge is 0.374 e. The van der Waals surface area contributed by atoms with E-state index in [0.29, 0.717) is 17.0 Å². The third-order valence-corrected chi connectivity index (χ3v) is 5.60. The first-order valence-electron chi connectivity index (χ1n) is 10.7. The molecule has 2 aliphatic rings. The largest absolute Gasteiger partial charge is 0.416 e. The molecule has 2 fully saturated rings. The molecule has 0 bridgehead atoms. The van der Waals surface area contributed by atoms with Gasteiger partial charge in [-0.2, -0.15) is 18.4 Å². The second-order valence-corrected chi connectivity index (χ2v) is 8.14. The van der Waals surface area contributed by atoms with E-state index in [1.807, 2.05) is 6.07 Å². The van der Waals surface area contributed by atoms with Crippen LogP contribution in [0.15, 0.2) is 24.7 Å². The van der Waals surface area contributed by atoms with Gasteiger partial charge in [0.2, 0.25) is 5.91 Å². The topological polar surface area (TPSA) is 121 Å². The predicted octanol–water partition coefficient (Wildman–Crippen LogP) is 2.13. The minimum Gasteiger partial charge on any atom is -0.374 e. The Morgan fingerprint density at radius 2 is 2.00 bits per heavy atom. The molecule has 12 heteroatoms. The van der Waals surface area contributed by atoms with Crippen molar-refractivity contribution in [1.82, 2.24) is 19.9 Å². The van der Waals surface area contributed by atoms with Crippen LogP contribution in [0.4, 0.5) is 18.9 Å². The number of anilines is 1. The Morgan fingerprint density at radius 1 is 1.21 bits per heavy atom. The van der Waals surface area contributed by atoms with E-state index in [-0.39, 0.29) is 49.2 Å². The molecule has 178 valence electrons. The fourth-order valence-corrected chi connectivity index (χ4v) is 3.51. The first-order chi connectivity index (χ1) is 16.2. The number of ketones is 1. The summed E-state index contributed by atoms with van der Waals surface area (Å²) in [6.45, 7) is -1.07. The van der Waals surface area contributed by atoms with Crippen molar-refractivity contribution in [1.29, 1.82) is 5.26 Å². The number of nitrogens with one attached hydrogen (secondary N) is 1. The molecule has 2 aromatic heterocycles. The van der Waals surface area contributed by atoms with E-state index < -0.39 is 24.7 Å². The molecule has 1 saturated carbocycles. The molecule has 0 radical (unpaired) electrons. The summed E-state index contributed by atoms with van der Waals surface area (Å²) in [5.74, 6) is -0.270. The van der Waals surface area contributed by atoms with Crippen molar-refractivity contribution in [2.75, 3.05) is 31.6 Å². The van der Waals surface area contributed by atoms with Crippen molar-refractivity contribution in [2.24, 2.45) is 5.92 Å². The van der Waals surface area contributed by atoms with Crippen LogP contribution in [-0.4, -0.2) is 70.1 Å². The average Bonchev–Trinajstić information content (AvgIpc) is 3.68. The van der Waals surface area contributed by atoms with Crippen LogP contribution >= 0.6 is 0 Å². The van der Waals surface area contributed by atoms with Crippen LogP contribution in [0.1, 0.15) is 24.2 Å². The monoisotopic (exact) mass is 474 g/mol. The van der Waals surface area contributed by atoms with Crippen LogP contribution in [0.5, 0.6) is 0 Å². The lowest BCUT2D eigenvalue weighted by Crippen LogP contribution is -2.52. The highest BCUT2D eigenvalue weighted by Crippen LogP contribution is 2.31.